The van der Waals surface area contributed by atoms with Gasteiger partial charge in [0.2, 0.25) is 5.91 Å². The van der Waals surface area contributed by atoms with Crippen molar-refractivity contribution in [3.63, 3.8) is 0 Å². The van der Waals surface area contributed by atoms with Crippen LogP contribution in [-0.2, 0) is 9.53 Å². The number of hydrogen-bond acceptors (Lipinski definition) is 2. The van der Waals surface area contributed by atoms with Gasteiger partial charge in [-0.05, 0) is 46.0 Å². The number of carbonyl (C=O) groups excluding carboxylic acids is 1. The fourth-order valence-corrected chi connectivity index (χ4v) is 1.63. The van der Waals surface area contributed by atoms with Gasteiger partial charge in [0.1, 0.15) is 6.61 Å². The Morgan fingerprint density at radius 2 is 2.19 bits per heavy atom. The highest BCUT2D eigenvalue weighted by Crippen LogP contribution is 2.16. The average molecular weight is 225 g/mol. The summed E-state index contributed by atoms with van der Waals surface area (Å²) in [4.78, 5) is 11.5. The molecule has 1 aliphatic rings. The molecule has 0 aromatic heterocycles. The zero-order valence-corrected chi connectivity index (χ0v) is 10.6. The maximum Gasteiger partial charge on any atom is 0.246 e. The van der Waals surface area contributed by atoms with Gasteiger partial charge in [-0.3, -0.25) is 4.79 Å². The smallest absolute Gasteiger partial charge is 0.246 e. The van der Waals surface area contributed by atoms with E-state index in [4.69, 9.17) is 4.74 Å². The summed E-state index contributed by atoms with van der Waals surface area (Å²) in [5.41, 5.74) is -0.245. The van der Waals surface area contributed by atoms with E-state index in [1.165, 1.54) is 6.42 Å². The molecule has 1 N–H and O–H groups in total. The third-order valence-electron chi connectivity index (χ3n) is 2.60. The second-order valence-corrected chi connectivity index (χ2v) is 5.36. The van der Waals surface area contributed by atoms with E-state index >= 15 is 0 Å². The summed E-state index contributed by atoms with van der Waals surface area (Å²) in [5.74, 6) is 0.591. The van der Waals surface area contributed by atoms with E-state index in [2.05, 4.69) is 17.5 Å². The van der Waals surface area contributed by atoms with Crippen molar-refractivity contribution < 1.29 is 9.53 Å². The normalized spacial score (nSPS) is 20.8. The molecule has 0 saturated carbocycles. The van der Waals surface area contributed by atoms with E-state index in [1.807, 2.05) is 20.8 Å². The molecule has 16 heavy (non-hydrogen) atoms. The first-order chi connectivity index (χ1) is 7.47. The molecule has 1 aliphatic carbocycles. The number of amides is 1. The van der Waals surface area contributed by atoms with Gasteiger partial charge in [0.05, 0.1) is 5.60 Å². The van der Waals surface area contributed by atoms with Crippen LogP contribution in [0, 0.1) is 5.92 Å². The summed E-state index contributed by atoms with van der Waals surface area (Å²) < 4.78 is 5.40. The van der Waals surface area contributed by atoms with Crippen LogP contribution in [0.25, 0.3) is 0 Å². The Morgan fingerprint density at radius 1 is 1.44 bits per heavy atom. The van der Waals surface area contributed by atoms with Crippen LogP contribution >= 0.6 is 0 Å². The first kappa shape index (κ1) is 13.2. The molecule has 0 radical (unpaired) electrons. The molecule has 1 rings (SSSR count). The molecular formula is C13H23NO2. The molecular weight excluding hydrogens is 202 g/mol. The maximum atomic E-state index is 11.5. The van der Waals surface area contributed by atoms with E-state index in [1.54, 1.807) is 0 Å². The Labute approximate surface area is 98.2 Å². The van der Waals surface area contributed by atoms with Crippen LogP contribution in [0.5, 0.6) is 0 Å². The molecule has 92 valence electrons. The standard InChI is InChI=1S/C13H23NO2/c1-13(2,3)16-10-12(15)14-9-11-7-5-4-6-8-11/h4-5,11H,6-10H2,1-3H3,(H,14,15). The van der Waals surface area contributed by atoms with Gasteiger partial charge in [0.25, 0.3) is 0 Å². The van der Waals surface area contributed by atoms with Gasteiger partial charge in [-0.25, -0.2) is 0 Å². The molecule has 0 saturated heterocycles. The number of carbonyl (C=O) groups is 1. The fourth-order valence-electron chi connectivity index (χ4n) is 1.63. The third-order valence-corrected chi connectivity index (χ3v) is 2.60. The Bertz CT molecular complexity index is 253. The number of nitrogens with one attached hydrogen (secondary N) is 1. The lowest BCUT2D eigenvalue weighted by atomic mass is 9.94. The highest BCUT2D eigenvalue weighted by Gasteiger charge is 2.14. The van der Waals surface area contributed by atoms with Crippen molar-refractivity contribution in [3.8, 4) is 0 Å². The summed E-state index contributed by atoms with van der Waals surface area (Å²) in [6.07, 6.45) is 7.81. The zero-order valence-electron chi connectivity index (χ0n) is 10.6. The van der Waals surface area contributed by atoms with Crippen molar-refractivity contribution in [2.75, 3.05) is 13.2 Å². The number of hydrogen-bond donors (Lipinski definition) is 1. The van der Waals surface area contributed by atoms with Crippen LogP contribution in [0.15, 0.2) is 12.2 Å². The van der Waals surface area contributed by atoms with Crippen LogP contribution in [0.4, 0.5) is 0 Å². The Balaban J connectivity index is 2.12. The molecule has 1 amide bonds. The predicted molar refractivity (Wildman–Crippen MR) is 65.2 cm³/mol. The van der Waals surface area contributed by atoms with E-state index in [0.29, 0.717) is 5.92 Å². The van der Waals surface area contributed by atoms with Crippen molar-refractivity contribution in [1.29, 1.82) is 0 Å². The Morgan fingerprint density at radius 3 is 2.75 bits per heavy atom. The van der Waals surface area contributed by atoms with Crippen LogP contribution in [0.2, 0.25) is 0 Å². The lowest BCUT2D eigenvalue weighted by Crippen LogP contribution is -2.35. The minimum atomic E-state index is -0.245. The molecule has 0 aliphatic heterocycles. The molecule has 0 bridgehead atoms. The van der Waals surface area contributed by atoms with Crippen molar-refractivity contribution in [1.82, 2.24) is 5.32 Å². The highest BCUT2D eigenvalue weighted by molar-refractivity contribution is 5.77. The van der Waals surface area contributed by atoms with Crippen LogP contribution in [0.1, 0.15) is 40.0 Å². The lowest BCUT2D eigenvalue weighted by molar-refractivity contribution is -0.130. The minimum absolute atomic E-state index is 0.00974. The van der Waals surface area contributed by atoms with Crippen LogP contribution in [-0.4, -0.2) is 24.7 Å². The molecule has 0 aromatic carbocycles. The first-order valence-corrected chi connectivity index (χ1v) is 6.03. The zero-order chi connectivity index (χ0) is 12.0. The van der Waals surface area contributed by atoms with Gasteiger partial charge >= 0.3 is 0 Å². The van der Waals surface area contributed by atoms with Gasteiger partial charge in [-0.2, -0.15) is 0 Å². The predicted octanol–water partition coefficient (Wildman–Crippen LogP) is 2.27. The Hall–Kier alpha value is -0.830. The second kappa shape index (κ2) is 6.04. The van der Waals surface area contributed by atoms with Gasteiger partial charge in [0, 0.05) is 6.54 Å². The van der Waals surface area contributed by atoms with Gasteiger partial charge in [-0.15, -0.1) is 0 Å². The molecule has 3 heteroatoms. The van der Waals surface area contributed by atoms with E-state index in [9.17, 15) is 4.79 Å². The van der Waals surface area contributed by atoms with Gasteiger partial charge < -0.3 is 10.1 Å². The Kier molecular flexibility index (Phi) is 5.00. The minimum Gasteiger partial charge on any atom is -0.366 e. The molecule has 0 aromatic rings. The van der Waals surface area contributed by atoms with Gasteiger partial charge in [0.15, 0.2) is 0 Å². The summed E-state index contributed by atoms with van der Waals surface area (Å²) in [5, 5.41) is 2.93. The van der Waals surface area contributed by atoms with Crippen molar-refractivity contribution in [2.45, 2.75) is 45.6 Å². The topological polar surface area (TPSA) is 38.3 Å². The monoisotopic (exact) mass is 225 g/mol. The van der Waals surface area contributed by atoms with Crippen LogP contribution < -0.4 is 5.32 Å². The molecule has 0 fully saturated rings. The lowest BCUT2D eigenvalue weighted by Gasteiger charge is -2.21. The third kappa shape index (κ3) is 5.91. The maximum absolute atomic E-state index is 11.5. The summed E-state index contributed by atoms with van der Waals surface area (Å²) in [7, 11) is 0. The quantitative estimate of drug-likeness (QED) is 0.745. The van der Waals surface area contributed by atoms with E-state index < -0.39 is 0 Å². The second-order valence-electron chi connectivity index (χ2n) is 5.36. The van der Waals surface area contributed by atoms with Crippen molar-refractivity contribution >= 4 is 5.91 Å². The number of allylic oxidation sites excluding steroid dienone is 2. The van der Waals surface area contributed by atoms with Crippen molar-refractivity contribution in [2.24, 2.45) is 5.92 Å². The SMILES string of the molecule is CC(C)(C)OCC(=O)NCC1CC=CCC1. The van der Waals surface area contributed by atoms with E-state index in [0.717, 1.165) is 19.4 Å². The summed E-state index contributed by atoms with van der Waals surface area (Å²) in [6, 6.07) is 0. The number of rotatable bonds is 4. The average Bonchev–Trinajstić information content (AvgIpc) is 2.24. The number of ether oxygens (including phenoxy) is 1. The van der Waals surface area contributed by atoms with Gasteiger partial charge in [-0.1, -0.05) is 12.2 Å². The molecule has 0 spiro atoms. The summed E-state index contributed by atoms with van der Waals surface area (Å²) in [6.45, 7) is 6.79. The highest BCUT2D eigenvalue weighted by atomic mass is 16.5. The van der Waals surface area contributed by atoms with Crippen molar-refractivity contribution in [3.05, 3.63) is 12.2 Å². The molecule has 3 nitrogen and oxygen atoms in total. The fraction of sp³-hybridized carbons (Fsp3) is 0.769. The van der Waals surface area contributed by atoms with E-state index in [-0.39, 0.29) is 18.1 Å². The first-order valence-electron chi connectivity index (χ1n) is 6.03. The molecule has 0 heterocycles. The van der Waals surface area contributed by atoms with Crippen LogP contribution in [0.3, 0.4) is 0 Å². The largest absolute Gasteiger partial charge is 0.366 e. The molecule has 1 atom stereocenters. The molecule has 1 unspecified atom stereocenters. The summed E-state index contributed by atoms with van der Waals surface area (Å²) >= 11 is 0.